The van der Waals surface area contributed by atoms with Gasteiger partial charge in [0.25, 0.3) is 0 Å². The number of nitrogens with one attached hydrogen (secondary N) is 1. The van der Waals surface area contributed by atoms with Crippen LogP contribution in [0.5, 0.6) is 0 Å². The smallest absolute Gasteiger partial charge is 0.172 e. The highest BCUT2D eigenvalue weighted by Crippen LogP contribution is 2.30. The van der Waals surface area contributed by atoms with Gasteiger partial charge in [0.15, 0.2) is 5.58 Å². The van der Waals surface area contributed by atoms with Crippen molar-refractivity contribution < 1.29 is 9.52 Å². The summed E-state index contributed by atoms with van der Waals surface area (Å²) in [5.74, 6) is 0.705. The molecule has 0 radical (unpaired) electrons. The maximum atomic E-state index is 9.60. The lowest BCUT2D eigenvalue weighted by atomic mass is 10.2. The van der Waals surface area contributed by atoms with E-state index in [-0.39, 0.29) is 12.1 Å². The first-order valence-electron chi connectivity index (χ1n) is 6.47. The molecule has 2 N–H and O–H groups in total. The minimum absolute atomic E-state index is 0.00602. The van der Waals surface area contributed by atoms with Crippen molar-refractivity contribution in [3.8, 4) is 0 Å². The Hall–Kier alpha value is -1.50. The van der Waals surface area contributed by atoms with Crippen LogP contribution in [0.1, 0.15) is 18.3 Å². The molecule has 0 aliphatic carbocycles. The van der Waals surface area contributed by atoms with Gasteiger partial charge >= 0.3 is 0 Å². The molecule has 0 saturated carbocycles. The van der Waals surface area contributed by atoms with Gasteiger partial charge < -0.3 is 14.8 Å². The number of benzene rings is 1. The molecule has 2 aromatic heterocycles. The van der Waals surface area contributed by atoms with E-state index in [9.17, 15) is 5.11 Å². The quantitative estimate of drug-likeness (QED) is 0.716. The number of furan rings is 1. The normalized spacial score (nSPS) is 22.9. The fourth-order valence-electron chi connectivity index (χ4n) is 2.63. The summed E-state index contributed by atoms with van der Waals surface area (Å²) in [7, 11) is 0. The number of aliphatic hydroxyl groups excluding tert-OH is 1. The summed E-state index contributed by atoms with van der Waals surface area (Å²) in [6, 6.07) is 5.85. The van der Waals surface area contributed by atoms with Gasteiger partial charge in [0.2, 0.25) is 0 Å². The van der Waals surface area contributed by atoms with Crippen molar-refractivity contribution in [2.75, 3.05) is 6.54 Å². The molecule has 4 rings (SSSR count). The van der Waals surface area contributed by atoms with Crippen molar-refractivity contribution in [1.29, 1.82) is 0 Å². The van der Waals surface area contributed by atoms with Gasteiger partial charge in [0, 0.05) is 16.4 Å². The van der Waals surface area contributed by atoms with Gasteiger partial charge in [-0.2, -0.15) is 0 Å². The van der Waals surface area contributed by atoms with Gasteiger partial charge in [-0.25, -0.2) is 9.97 Å². The number of nitrogens with zero attached hydrogens (tertiary/aromatic N) is 2. The van der Waals surface area contributed by atoms with Crippen molar-refractivity contribution in [3.63, 3.8) is 0 Å². The van der Waals surface area contributed by atoms with Gasteiger partial charge in [-0.15, -0.1) is 0 Å². The second-order valence-corrected chi connectivity index (χ2v) is 5.95. The van der Waals surface area contributed by atoms with E-state index in [1.165, 1.54) is 0 Å². The lowest BCUT2D eigenvalue weighted by Gasteiger charge is -2.07. The molecule has 3 heterocycles. The predicted octanol–water partition coefficient (Wildman–Crippen LogP) is 2.53. The highest BCUT2D eigenvalue weighted by molar-refractivity contribution is 9.10. The molecule has 6 heteroatoms. The molecule has 0 unspecified atom stereocenters. The summed E-state index contributed by atoms with van der Waals surface area (Å²) >= 11 is 3.47. The Morgan fingerprint density at radius 2 is 2.25 bits per heavy atom. The Bertz CT molecular complexity index is 802. The Balaban J connectivity index is 1.89. The Morgan fingerprint density at radius 3 is 3.05 bits per heavy atom. The van der Waals surface area contributed by atoms with E-state index >= 15 is 0 Å². The molecule has 0 bridgehead atoms. The lowest BCUT2D eigenvalue weighted by molar-refractivity contribution is 0.193. The molecule has 20 heavy (non-hydrogen) atoms. The van der Waals surface area contributed by atoms with E-state index in [0.717, 1.165) is 21.0 Å². The summed E-state index contributed by atoms with van der Waals surface area (Å²) in [6.07, 6.45) is 2.03. The highest BCUT2D eigenvalue weighted by Gasteiger charge is 2.26. The molecule has 1 saturated heterocycles. The van der Waals surface area contributed by atoms with Gasteiger partial charge in [-0.1, -0.05) is 15.9 Å². The molecule has 1 aliphatic heterocycles. The second kappa shape index (κ2) is 4.51. The third kappa shape index (κ3) is 1.91. The summed E-state index contributed by atoms with van der Waals surface area (Å²) < 4.78 is 6.72. The molecular formula is C14H12BrN3O2. The first-order chi connectivity index (χ1) is 9.70. The number of hydrogen-bond donors (Lipinski definition) is 2. The monoisotopic (exact) mass is 333 g/mol. The fourth-order valence-corrected chi connectivity index (χ4v) is 2.99. The van der Waals surface area contributed by atoms with E-state index in [2.05, 4.69) is 31.2 Å². The lowest BCUT2D eigenvalue weighted by Crippen LogP contribution is -2.16. The molecule has 1 aliphatic rings. The third-order valence-corrected chi connectivity index (χ3v) is 4.10. The average Bonchev–Trinajstić information content (AvgIpc) is 3.02. The number of rotatable bonds is 1. The molecule has 5 nitrogen and oxygen atoms in total. The van der Waals surface area contributed by atoms with Crippen LogP contribution in [0.2, 0.25) is 0 Å². The van der Waals surface area contributed by atoms with Crippen LogP contribution in [0.15, 0.2) is 33.3 Å². The number of fused-ring (bicyclic) bond motifs is 3. The van der Waals surface area contributed by atoms with Crippen LogP contribution in [0.4, 0.5) is 0 Å². The summed E-state index contributed by atoms with van der Waals surface area (Å²) in [5, 5.41) is 13.8. The van der Waals surface area contributed by atoms with Gasteiger partial charge in [-0.05, 0) is 24.6 Å². The zero-order valence-electron chi connectivity index (χ0n) is 10.5. The number of β-amino-alcohol motifs (C(OH)–C–C–N with tert-alkyl or cyclic N) is 1. The van der Waals surface area contributed by atoms with Crippen LogP contribution < -0.4 is 5.32 Å². The summed E-state index contributed by atoms with van der Waals surface area (Å²) in [4.78, 5) is 8.97. The van der Waals surface area contributed by atoms with E-state index in [1.54, 1.807) is 6.20 Å². The number of hydrogen-bond acceptors (Lipinski definition) is 5. The fraction of sp³-hybridized carbons (Fsp3) is 0.286. The number of aliphatic hydroxyl groups is 1. The van der Waals surface area contributed by atoms with Crippen molar-refractivity contribution in [2.24, 2.45) is 0 Å². The van der Waals surface area contributed by atoms with Crippen molar-refractivity contribution in [2.45, 2.75) is 18.6 Å². The van der Waals surface area contributed by atoms with E-state index in [4.69, 9.17) is 4.42 Å². The summed E-state index contributed by atoms with van der Waals surface area (Å²) in [6.45, 7) is 0.587. The van der Waals surface area contributed by atoms with Gasteiger partial charge in [0.1, 0.15) is 16.9 Å². The largest absolute Gasteiger partial charge is 0.453 e. The minimum atomic E-state index is -0.325. The number of halogens is 1. The molecule has 1 aromatic carbocycles. The van der Waals surface area contributed by atoms with Crippen LogP contribution in [0, 0.1) is 0 Å². The molecule has 0 spiro atoms. The van der Waals surface area contributed by atoms with Crippen LogP contribution in [0.3, 0.4) is 0 Å². The van der Waals surface area contributed by atoms with Crippen LogP contribution in [-0.2, 0) is 0 Å². The molecule has 102 valence electrons. The molecule has 1 fully saturated rings. The van der Waals surface area contributed by atoms with E-state index < -0.39 is 0 Å². The van der Waals surface area contributed by atoms with Crippen molar-refractivity contribution in [3.05, 3.63) is 34.7 Å². The average molecular weight is 334 g/mol. The Morgan fingerprint density at radius 1 is 1.35 bits per heavy atom. The highest BCUT2D eigenvalue weighted by atomic mass is 79.9. The second-order valence-electron chi connectivity index (χ2n) is 5.03. The summed E-state index contributed by atoms with van der Waals surface area (Å²) in [5.41, 5.74) is 2.30. The van der Waals surface area contributed by atoms with Crippen LogP contribution in [0.25, 0.3) is 22.1 Å². The zero-order chi connectivity index (χ0) is 13.7. The van der Waals surface area contributed by atoms with Crippen LogP contribution in [-0.4, -0.2) is 27.7 Å². The SMILES string of the molecule is O[C@H]1CN[C@H](c2ncc3oc4ccc(Br)cc4c3n2)C1. The molecule has 3 aromatic rings. The molecular weight excluding hydrogens is 322 g/mol. The number of aromatic nitrogens is 2. The Labute approximate surface area is 123 Å². The van der Waals surface area contributed by atoms with E-state index in [1.807, 2.05) is 18.2 Å². The van der Waals surface area contributed by atoms with Crippen molar-refractivity contribution in [1.82, 2.24) is 15.3 Å². The maximum absolute atomic E-state index is 9.60. The predicted molar refractivity (Wildman–Crippen MR) is 78.4 cm³/mol. The van der Waals surface area contributed by atoms with Crippen LogP contribution >= 0.6 is 15.9 Å². The zero-order valence-corrected chi connectivity index (χ0v) is 12.1. The first-order valence-corrected chi connectivity index (χ1v) is 7.26. The Kier molecular flexibility index (Phi) is 2.76. The van der Waals surface area contributed by atoms with E-state index in [0.29, 0.717) is 24.4 Å². The maximum Gasteiger partial charge on any atom is 0.172 e. The molecule has 0 amide bonds. The third-order valence-electron chi connectivity index (χ3n) is 3.61. The molecule has 2 atom stereocenters. The van der Waals surface area contributed by atoms with Gasteiger partial charge in [0.05, 0.1) is 18.3 Å². The van der Waals surface area contributed by atoms with Crippen molar-refractivity contribution >= 4 is 38.0 Å². The first kappa shape index (κ1) is 12.3. The standard InChI is InChI=1S/C14H12BrN3O2/c15-7-1-2-11-9(3-7)13-12(20-11)6-17-14(18-13)10-4-8(19)5-16-10/h1-3,6,8,10,16,19H,4-5H2/t8-,10+/m1/s1. The minimum Gasteiger partial charge on any atom is -0.453 e. The van der Waals surface area contributed by atoms with Gasteiger partial charge in [-0.3, -0.25) is 0 Å². The topological polar surface area (TPSA) is 71.2 Å².